The molecule has 0 aromatic heterocycles. The summed E-state index contributed by atoms with van der Waals surface area (Å²) in [6.45, 7) is 0. The molecule has 76 valence electrons. The molecule has 1 aromatic carbocycles. The van der Waals surface area contributed by atoms with Gasteiger partial charge in [-0.3, -0.25) is 0 Å². The smallest absolute Gasteiger partial charge is 0.478 e. The molecule has 5 nitrogen and oxygen atoms in total. The molecule has 0 saturated carbocycles. The van der Waals surface area contributed by atoms with Crippen LogP contribution in [0.2, 0.25) is 0 Å². The molecule has 0 atom stereocenters. The molecule has 1 N–H and O–H groups in total. The lowest BCUT2D eigenvalue weighted by atomic mass is 10.2. The second-order valence-electron chi connectivity index (χ2n) is 2.31. The van der Waals surface area contributed by atoms with Gasteiger partial charge >= 0.3 is 16.5 Å². The summed E-state index contributed by atoms with van der Waals surface area (Å²) in [7, 11) is -5.11. The van der Waals surface area contributed by atoms with E-state index in [4.69, 9.17) is 5.11 Å². The van der Waals surface area contributed by atoms with Crippen molar-refractivity contribution in [3.05, 3.63) is 29.8 Å². The molecule has 0 saturated heterocycles. The van der Waals surface area contributed by atoms with Gasteiger partial charge in [-0.15, -0.1) is 0 Å². The number of halogens is 1. The molecule has 0 heterocycles. The van der Waals surface area contributed by atoms with Crippen LogP contribution in [0.4, 0.5) is 3.89 Å². The third-order valence-electron chi connectivity index (χ3n) is 1.28. The topological polar surface area (TPSA) is 80.7 Å². The highest BCUT2D eigenvalue weighted by atomic mass is 32.3. The van der Waals surface area contributed by atoms with E-state index in [2.05, 4.69) is 4.18 Å². The van der Waals surface area contributed by atoms with Crippen LogP contribution in [-0.2, 0) is 10.5 Å². The molecule has 0 bridgehead atoms. The molecule has 0 aliphatic heterocycles. The number of benzene rings is 1. The molecule has 0 aliphatic rings. The number of hydrogen-bond acceptors (Lipinski definition) is 4. The highest BCUT2D eigenvalue weighted by Crippen LogP contribution is 2.15. The predicted molar refractivity (Wildman–Crippen MR) is 44.1 cm³/mol. The predicted octanol–water partition coefficient (Wildman–Crippen LogP) is 0.978. The second-order valence-corrected chi connectivity index (χ2v) is 3.26. The maximum Gasteiger partial charge on any atom is 0.488 e. The molecule has 1 rings (SSSR count). The number of carboxylic acid groups (broad SMARTS) is 1. The highest BCUT2D eigenvalue weighted by molar-refractivity contribution is 7.81. The van der Waals surface area contributed by atoms with Gasteiger partial charge in [0.15, 0.2) is 0 Å². The van der Waals surface area contributed by atoms with Gasteiger partial charge in [-0.1, -0.05) is 9.95 Å². The van der Waals surface area contributed by atoms with E-state index >= 15 is 0 Å². The van der Waals surface area contributed by atoms with E-state index < -0.39 is 16.5 Å². The van der Waals surface area contributed by atoms with Crippen LogP contribution in [0.15, 0.2) is 24.3 Å². The minimum absolute atomic E-state index is 0.189. The van der Waals surface area contributed by atoms with E-state index in [1.54, 1.807) is 0 Å². The summed E-state index contributed by atoms with van der Waals surface area (Å²) in [5, 5.41) is 8.51. The summed E-state index contributed by atoms with van der Waals surface area (Å²) in [5.41, 5.74) is -0.189. The lowest BCUT2D eigenvalue weighted by Crippen LogP contribution is -2.02. The fourth-order valence-electron chi connectivity index (χ4n) is 0.796. The van der Waals surface area contributed by atoms with E-state index in [1.807, 2.05) is 0 Å². The number of rotatable bonds is 3. The molecular weight excluding hydrogens is 215 g/mol. The Morgan fingerprint density at radius 3 is 2.57 bits per heavy atom. The van der Waals surface area contributed by atoms with Crippen LogP contribution >= 0.6 is 0 Å². The Labute approximate surface area is 79.2 Å². The van der Waals surface area contributed by atoms with Gasteiger partial charge in [0.2, 0.25) is 0 Å². The molecule has 1 aromatic rings. The molecule has 14 heavy (non-hydrogen) atoms. The van der Waals surface area contributed by atoms with Crippen molar-refractivity contribution >= 4 is 16.5 Å². The first kappa shape index (κ1) is 10.5. The monoisotopic (exact) mass is 220 g/mol. The number of carbonyl (C=O) groups is 1. The minimum Gasteiger partial charge on any atom is -0.478 e. The van der Waals surface area contributed by atoms with Gasteiger partial charge in [-0.2, -0.15) is 8.42 Å². The summed E-state index contributed by atoms with van der Waals surface area (Å²) < 4.78 is 35.9. The van der Waals surface area contributed by atoms with Gasteiger partial charge in [-0.05, 0) is 18.2 Å². The molecule has 0 unspecified atom stereocenters. The van der Waals surface area contributed by atoms with Crippen LogP contribution < -0.4 is 4.18 Å². The lowest BCUT2D eigenvalue weighted by Gasteiger charge is -2.00. The van der Waals surface area contributed by atoms with Crippen molar-refractivity contribution in [2.24, 2.45) is 0 Å². The number of carboxylic acids is 1. The van der Waals surface area contributed by atoms with Crippen molar-refractivity contribution in [2.45, 2.75) is 0 Å². The third kappa shape index (κ3) is 3.02. The Morgan fingerprint density at radius 1 is 1.43 bits per heavy atom. The summed E-state index contributed by atoms with van der Waals surface area (Å²) in [4.78, 5) is 10.4. The summed E-state index contributed by atoms with van der Waals surface area (Å²) in [6.07, 6.45) is 0. The maximum absolute atomic E-state index is 12.0. The van der Waals surface area contributed by atoms with E-state index in [1.165, 1.54) is 12.1 Å². The summed E-state index contributed by atoms with van der Waals surface area (Å²) in [6, 6.07) is 4.49. The first-order valence-electron chi connectivity index (χ1n) is 3.36. The average Bonchev–Trinajstić information content (AvgIpc) is 2.01. The van der Waals surface area contributed by atoms with Crippen LogP contribution in [0, 0.1) is 0 Å². The van der Waals surface area contributed by atoms with Gasteiger partial charge < -0.3 is 9.29 Å². The quantitative estimate of drug-likeness (QED) is 0.768. The van der Waals surface area contributed by atoms with Gasteiger partial charge in [0.1, 0.15) is 5.75 Å². The molecule has 7 heteroatoms. The van der Waals surface area contributed by atoms with Crippen LogP contribution in [0.3, 0.4) is 0 Å². The fourth-order valence-corrected chi connectivity index (χ4v) is 1.13. The zero-order valence-corrected chi connectivity index (χ0v) is 7.49. The third-order valence-corrected chi connectivity index (χ3v) is 1.67. The Bertz CT molecular complexity index is 453. The van der Waals surface area contributed by atoms with Crippen LogP contribution in [0.25, 0.3) is 0 Å². The Hall–Kier alpha value is -1.63. The fraction of sp³-hybridized carbons (Fsp3) is 0. The van der Waals surface area contributed by atoms with Crippen molar-refractivity contribution < 1.29 is 26.4 Å². The van der Waals surface area contributed by atoms with E-state index in [0.29, 0.717) is 0 Å². The summed E-state index contributed by atoms with van der Waals surface area (Å²) >= 11 is 0. The molecule has 0 spiro atoms. The zero-order valence-electron chi connectivity index (χ0n) is 6.68. The van der Waals surface area contributed by atoms with Crippen molar-refractivity contribution in [2.75, 3.05) is 0 Å². The molecule has 0 radical (unpaired) electrons. The van der Waals surface area contributed by atoms with Crippen molar-refractivity contribution in [1.29, 1.82) is 0 Å². The van der Waals surface area contributed by atoms with E-state index in [-0.39, 0.29) is 11.3 Å². The SMILES string of the molecule is O=C(O)c1cccc(OS(=O)(=O)F)c1. The van der Waals surface area contributed by atoms with Crippen molar-refractivity contribution in [3.63, 3.8) is 0 Å². The van der Waals surface area contributed by atoms with Gasteiger partial charge in [0.05, 0.1) is 5.56 Å². The minimum atomic E-state index is -5.11. The Balaban J connectivity index is 3.01. The summed E-state index contributed by atoms with van der Waals surface area (Å²) in [5.74, 6) is -1.64. The van der Waals surface area contributed by atoms with E-state index in [9.17, 15) is 17.1 Å². The van der Waals surface area contributed by atoms with Crippen molar-refractivity contribution in [1.82, 2.24) is 0 Å². The average molecular weight is 220 g/mol. The number of aromatic carboxylic acids is 1. The Kier molecular flexibility index (Phi) is 2.70. The normalized spacial score (nSPS) is 10.9. The standard InChI is InChI=1S/C7H5FO5S/c8-14(11,12)13-6-3-1-2-5(4-6)7(9)10/h1-4H,(H,9,10). The largest absolute Gasteiger partial charge is 0.488 e. The van der Waals surface area contributed by atoms with Gasteiger partial charge in [-0.25, -0.2) is 4.79 Å². The first-order chi connectivity index (χ1) is 6.38. The molecule has 0 aliphatic carbocycles. The zero-order chi connectivity index (χ0) is 10.8. The second kappa shape index (κ2) is 3.62. The Morgan fingerprint density at radius 2 is 2.07 bits per heavy atom. The number of hydrogen-bond donors (Lipinski definition) is 1. The van der Waals surface area contributed by atoms with Crippen LogP contribution in [0.1, 0.15) is 10.4 Å². The first-order valence-corrected chi connectivity index (χ1v) is 4.67. The highest BCUT2D eigenvalue weighted by Gasteiger charge is 2.11. The molecule has 0 amide bonds. The van der Waals surface area contributed by atoms with E-state index in [0.717, 1.165) is 12.1 Å². The van der Waals surface area contributed by atoms with Crippen LogP contribution in [-0.4, -0.2) is 19.5 Å². The lowest BCUT2D eigenvalue weighted by molar-refractivity contribution is 0.0696. The molecular formula is C7H5FO5S. The van der Waals surface area contributed by atoms with Crippen LogP contribution in [0.5, 0.6) is 5.75 Å². The maximum atomic E-state index is 12.0. The molecule has 0 fully saturated rings. The van der Waals surface area contributed by atoms with Gasteiger partial charge in [0.25, 0.3) is 0 Å². The van der Waals surface area contributed by atoms with Crippen molar-refractivity contribution in [3.8, 4) is 5.75 Å². The van der Waals surface area contributed by atoms with Gasteiger partial charge in [0, 0.05) is 0 Å².